The predicted octanol–water partition coefficient (Wildman–Crippen LogP) is 6.49. The van der Waals surface area contributed by atoms with Crippen molar-refractivity contribution in [1.29, 1.82) is 0 Å². The highest BCUT2D eigenvalue weighted by Crippen LogP contribution is 2.45. The Kier molecular flexibility index (Phi) is 6.88. The lowest BCUT2D eigenvalue weighted by atomic mass is 9.98. The van der Waals surface area contributed by atoms with Gasteiger partial charge in [0.1, 0.15) is 12.2 Å². The zero-order valence-electron chi connectivity index (χ0n) is 22.7. The van der Waals surface area contributed by atoms with Crippen LogP contribution in [0.3, 0.4) is 0 Å². The number of hydrogen-bond donors (Lipinski definition) is 0. The second-order valence-electron chi connectivity index (χ2n) is 9.63. The number of ketones is 1. The molecule has 0 saturated carbocycles. The highest BCUT2D eigenvalue weighted by molar-refractivity contribution is 7.17. The van der Waals surface area contributed by atoms with Gasteiger partial charge in [0.2, 0.25) is 5.76 Å². The summed E-state index contributed by atoms with van der Waals surface area (Å²) in [6, 6.07) is 21.1. The van der Waals surface area contributed by atoms with Gasteiger partial charge in [0.15, 0.2) is 27.8 Å². The molecule has 41 heavy (non-hydrogen) atoms. The summed E-state index contributed by atoms with van der Waals surface area (Å²) in [4.78, 5) is 46.5. The van der Waals surface area contributed by atoms with Gasteiger partial charge in [-0.2, -0.15) is 0 Å². The van der Waals surface area contributed by atoms with E-state index in [4.69, 9.17) is 13.9 Å². The standard InChI is InChI=1S/C32H26N2O6S/c1-4-38-25-16-21(14-15-24(25)39-17-20-10-6-5-7-11-20)27-26-28(36)22-12-8-9-13-23(22)40-29(26)31(37)34(27)32-33-18(2)30(41-32)19(3)35/h5-16,27H,4,17H2,1-3H3. The van der Waals surface area contributed by atoms with Crippen molar-refractivity contribution in [2.24, 2.45) is 0 Å². The molecule has 1 amide bonds. The van der Waals surface area contributed by atoms with E-state index in [0.717, 1.165) is 16.9 Å². The van der Waals surface area contributed by atoms with E-state index in [2.05, 4.69) is 4.98 Å². The van der Waals surface area contributed by atoms with Crippen LogP contribution in [0.1, 0.15) is 62.5 Å². The Hall–Kier alpha value is -4.76. The number of hydrogen-bond acceptors (Lipinski definition) is 8. The average Bonchev–Trinajstić information content (AvgIpc) is 3.50. The van der Waals surface area contributed by atoms with Gasteiger partial charge in [-0.25, -0.2) is 4.98 Å². The molecule has 5 aromatic rings. The van der Waals surface area contributed by atoms with E-state index in [-0.39, 0.29) is 22.5 Å². The van der Waals surface area contributed by atoms with Gasteiger partial charge >= 0.3 is 0 Å². The second-order valence-corrected chi connectivity index (χ2v) is 10.6. The van der Waals surface area contributed by atoms with Crippen LogP contribution in [0.4, 0.5) is 5.13 Å². The molecule has 0 N–H and O–H groups in total. The topological polar surface area (TPSA) is 98.9 Å². The van der Waals surface area contributed by atoms with Gasteiger partial charge in [-0.05, 0) is 49.2 Å². The summed E-state index contributed by atoms with van der Waals surface area (Å²) < 4.78 is 18.1. The number of para-hydroxylation sites is 1. The van der Waals surface area contributed by atoms with Gasteiger partial charge in [0, 0.05) is 6.92 Å². The van der Waals surface area contributed by atoms with Crippen LogP contribution in [0, 0.1) is 6.92 Å². The molecule has 3 aromatic carbocycles. The quantitative estimate of drug-likeness (QED) is 0.198. The molecule has 1 unspecified atom stereocenters. The van der Waals surface area contributed by atoms with Crippen LogP contribution in [0.2, 0.25) is 0 Å². The van der Waals surface area contributed by atoms with Crippen molar-refractivity contribution in [3.63, 3.8) is 0 Å². The van der Waals surface area contributed by atoms with Crippen LogP contribution in [0.15, 0.2) is 82.0 Å². The number of ether oxygens (including phenoxy) is 2. The summed E-state index contributed by atoms with van der Waals surface area (Å²) >= 11 is 1.12. The SMILES string of the molecule is CCOc1cc(C2c3c(oc4ccccc4c3=O)C(=O)N2c2nc(C)c(C(C)=O)s2)ccc1OCc1ccccc1. The zero-order chi connectivity index (χ0) is 28.7. The normalized spacial score (nSPS) is 14.4. The summed E-state index contributed by atoms with van der Waals surface area (Å²) in [6.45, 7) is 5.79. The number of anilines is 1. The Balaban J connectivity index is 1.50. The van der Waals surface area contributed by atoms with E-state index >= 15 is 0 Å². The van der Waals surface area contributed by atoms with E-state index < -0.39 is 11.9 Å². The number of rotatable bonds is 8. The Bertz CT molecular complexity index is 1860. The third-order valence-electron chi connectivity index (χ3n) is 6.91. The number of carbonyl (C=O) groups excluding carboxylic acids is 2. The largest absolute Gasteiger partial charge is 0.490 e. The number of nitrogens with zero attached hydrogens (tertiary/aromatic N) is 2. The number of thiazole rings is 1. The summed E-state index contributed by atoms with van der Waals surface area (Å²) in [7, 11) is 0. The van der Waals surface area contributed by atoms with Gasteiger partial charge in [0.05, 0.1) is 34.2 Å². The number of benzene rings is 3. The molecule has 8 nitrogen and oxygen atoms in total. The number of carbonyl (C=O) groups is 2. The van der Waals surface area contributed by atoms with Crippen molar-refractivity contribution in [3.8, 4) is 11.5 Å². The molecule has 3 heterocycles. The molecular formula is C32H26N2O6S. The van der Waals surface area contributed by atoms with Crippen LogP contribution < -0.4 is 19.8 Å². The molecule has 1 aliphatic heterocycles. The molecule has 0 bridgehead atoms. The fourth-order valence-electron chi connectivity index (χ4n) is 5.06. The van der Waals surface area contributed by atoms with E-state index in [0.29, 0.717) is 56.9 Å². The minimum atomic E-state index is -0.855. The molecule has 1 aliphatic rings. The molecule has 9 heteroatoms. The first-order valence-corrected chi connectivity index (χ1v) is 14.0. The smallest absolute Gasteiger partial charge is 0.297 e. The van der Waals surface area contributed by atoms with Crippen molar-refractivity contribution >= 4 is 39.1 Å². The number of aryl methyl sites for hydroxylation is 1. The predicted molar refractivity (Wildman–Crippen MR) is 156 cm³/mol. The van der Waals surface area contributed by atoms with Gasteiger partial charge in [-0.3, -0.25) is 19.3 Å². The second kappa shape index (κ2) is 10.7. The van der Waals surface area contributed by atoms with Crippen molar-refractivity contribution < 1.29 is 23.5 Å². The van der Waals surface area contributed by atoms with Crippen molar-refractivity contribution in [3.05, 3.63) is 116 Å². The summed E-state index contributed by atoms with van der Waals surface area (Å²) in [5.41, 5.74) is 2.38. The summed E-state index contributed by atoms with van der Waals surface area (Å²) in [5, 5.41) is 0.679. The van der Waals surface area contributed by atoms with Gasteiger partial charge in [-0.15, -0.1) is 0 Å². The molecule has 0 radical (unpaired) electrons. The van der Waals surface area contributed by atoms with Crippen LogP contribution >= 0.6 is 11.3 Å². The minimum absolute atomic E-state index is 0.0432. The fraction of sp³-hybridized carbons (Fsp3) is 0.188. The van der Waals surface area contributed by atoms with Crippen LogP contribution in [0.25, 0.3) is 11.0 Å². The number of aromatic nitrogens is 1. The first-order chi connectivity index (χ1) is 19.9. The molecule has 0 saturated heterocycles. The van der Waals surface area contributed by atoms with Crippen molar-refractivity contribution in [2.75, 3.05) is 11.5 Å². The Labute approximate surface area is 239 Å². The van der Waals surface area contributed by atoms with Gasteiger partial charge < -0.3 is 13.9 Å². The molecule has 2 aromatic heterocycles. The lowest BCUT2D eigenvalue weighted by Gasteiger charge is -2.23. The third kappa shape index (κ3) is 4.68. The van der Waals surface area contributed by atoms with Gasteiger partial charge in [-0.1, -0.05) is 59.9 Å². The lowest BCUT2D eigenvalue weighted by molar-refractivity contribution is 0.0969. The summed E-state index contributed by atoms with van der Waals surface area (Å²) in [5.74, 6) is 0.319. The van der Waals surface area contributed by atoms with Crippen LogP contribution in [-0.4, -0.2) is 23.3 Å². The average molecular weight is 567 g/mol. The van der Waals surface area contributed by atoms with Crippen molar-refractivity contribution in [1.82, 2.24) is 4.98 Å². The maximum Gasteiger partial charge on any atom is 0.297 e. The first-order valence-electron chi connectivity index (χ1n) is 13.2. The molecular weight excluding hydrogens is 540 g/mol. The fourth-order valence-corrected chi connectivity index (χ4v) is 6.05. The maximum absolute atomic E-state index is 13.9. The van der Waals surface area contributed by atoms with Crippen LogP contribution in [0.5, 0.6) is 11.5 Å². The molecule has 0 spiro atoms. The Morgan fingerprint density at radius 3 is 2.49 bits per heavy atom. The van der Waals surface area contributed by atoms with E-state index in [1.54, 1.807) is 43.3 Å². The number of Topliss-reactive ketones (excluding diaryl/α,β-unsaturated/α-hetero) is 1. The van der Waals surface area contributed by atoms with Crippen LogP contribution in [-0.2, 0) is 6.61 Å². The first kappa shape index (κ1) is 26.5. The highest BCUT2D eigenvalue weighted by Gasteiger charge is 2.45. The lowest BCUT2D eigenvalue weighted by Crippen LogP contribution is -2.29. The highest BCUT2D eigenvalue weighted by atomic mass is 32.1. The Morgan fingerprint density at radius 1 is 1.00 bits per heavy atom. The van der Waals surface area contributed by atoms with E-state index in [1.807, 2.05) is 43.3 Å². The monoisotopic (exact) mass is 566 g/mol. The number of fused-ring (bicyclic) bond motifs is 2. The molecule has 206 valence electrons. The van der Waals surface area contributed by atoms with Crippen molar-refractivity contribution in [2.45, 2.75) is 33.4 Å². The molecule has 1 atom stereocenters. The third-order valence-corrected chi connectivity index (χ3v) is 8.17. The minimum Gasteiger partial charge on any atom is -0.490 e. The van der Waals surface area contributed by atoms with Gasteiger partial charge in [0.25, 0.3) is 5.91 Å². The van der Waals surface area contributed by atoms with E-state index in [9.17, 15) is 14.4 Å². The number of amides is 1. The Morgan fingerprint density at radius 2 is 1.76 bits per heavy atom. The molecule has 6 rings (SSSR count). The maximum atomic E-state index is 13.9. The summed E-state index contributed by atoms with van der Waals surface area (Å²) in [6.07, 6.45) is 0. The molecule has 0 fully saturated rings. The zero-order valence-corrected chi connectivity index (χ0v) is 23.5. The molecule has 0 aliphatic carbocycles. The van der Waals surface area contributed by atoms with E-state index in [1.165, 1.54) is 11.8 Å².